The molecule has 0 spiro atoms. The van der Waals surface area contributed by atoms with Crippen LogP contribution in [0.3, 0.4) is 0 Å². The van der Waals surface area contributed by atoms with E-state index in [2.05, 4.69) is 9.97 Å². The Balaban J connectivity index is 2.12. The van der Waals surface area contributed by atoms with Crippen LogP contribution < -0.4 is 5.43 Å². The summed E-state index contributed by atoms with van der Waals surface area (Å²) in [6.07, 6.45) is 1.40. The zero-order chi connectivity index (χ0) is 14.8. The fourth-order valence-corrected chi connectivity index (χ4v) is 2.66. The molecule has 3 aromatic rings. The maximum Gasteiger partial charge on any atom is 0.343 e. The van der Waals surface area contributed by atoms with E-state index >= 15 is 0 Å². The second kappa shape index (κ2) is 5.49. The molecule has 0 amide bonds. The summed E-state index contributed by atoms with van der Waals surface area (Å²) in [6, 6.07) is 5.37. The number of carbonyl (C=O) groups excluding carboxylic acids is 1. The van der Waals surface area contributed by atoms with Crippen LogP contribution in [0.4, 0.5) is 0 Å². The first-order valence-electron chi connectivity index (χ1n) is 6.42. The van der Waals surface area contributed by atoms with Crippen LogP contribution in [0.1, 0.15) is 17.3 Å². The zero-order valence-corrected chi connectivity index (χ0v) is 12.1. The van der Waals surface area contributed by atoms with E-state index in [-0.39, 0.29) is 17.6 Å². The maximum absolute atomic E-state index is 12.3. The molecule has 0 fully saturated rings. The maximum atomic E-state index is 12.3. The smallest absolute Gasteiger partial charge is 0.343 e. The van der Waals surface area contributed by atoms with Gasteiger partial charge in [-0.25, -0.2) is 9.78 Å². The Morgan fingerprint density at radius 1 is 1.43 bits per heavy atom. The molecule has 2 aromatic heterocycles. The number of fused-ring (bicyclic) bond motifs is 1. The van der Waals surface area contributed by atoms with Crippen LogP contribution >= 0.6 is 11.3 Å². The highest BCUT2D eigenvalue weighted by Gasteiger charge is 2.14. The molecule has 0 aliphatic heterocycles. The molecule has 0 bridgehead atoms. The summed E-state index contributed by atoms with van der Waals surface area (Å²) in [5, 5.41) is 2.39. The number of benzene rings is 1. The van der Waals surface area contributed by atoms with Crippen LogP contribution in [-0.4, -0.2) is 22.5 Å². The molecule has 0 radical (unpaired) electrons. The van der Waals surface area contributed by atoms with Crippen LogP contribution in [0.25, 0.3) is 22.2 Å². The summed E-state index contributed by atoms with van der Waals surface area (Å²) >= 11 is 1.51. The van der Waals surface area contributed by atoms with E-state index in [0.29, 0.717) is 10.9 Å². The molecule has 0 saturated heterocycles. The van der Waals surface area contributed by atoms with Crippen LogP contribution in [0.2, 0.25) is 0 Å². The predicted molar refractivity (Wildman–Crippen MR) is 81.6 cm³/mol. The third-order valence-corrected chi connectivity index (χ3v) is 3.69. The fraction of sp³-hybridized carbons (Fsp3) is 0.133. The number of H-pyrrole nitrogens is 1. The van der Waals surface area contributed by atoms with Gasteiger partial charge in [-0.2, -0.15) is 0 Å². The van der Waals surface area contributed by atoms with E-state index in [1.807, 2.05) is 17.5 Å². The molecule has 0 aliphatic rings. The summed E-state index contributed by atoms with van der Waals surface area (Å²) in [7, 11) is 0. The standard InChI is InChI=1S/C15H12N2O3S/c1-2-20-15(19)11-6-16-12-5-9(13-7-21-8-17-13)3-4-10(12)14(11)18/h3-8H,2H2,1H3,(H,16,18). The molecule has 1 aromatic carbocycles. The number of nitrogens with zero attached hydrogens (tertiary/aromatic N) is 1. The van der Waals surface area contributed by atoms with Crippen molar-refractivity contribution >= 4 is 28.2 Å². The highest BCUT2D eigenvalue weighted by Crippen LogP contribution is 2.22. The Bertz CT molecular complexity index is 853. The van der Waals surface area contributed by atoms with Gasteiger partial charge in [-0.05, 0) is 19.1 Å². The molecule has 0 saturated carbocycles. The number of thiazole rings is 1. The lowest BCUT2D eigenvalue weighted by molar-refractivity contribution is 0.0524. The number of esters is 1. The monoisotopic (exact) mass is 300 g/mol. The Kier molecular flexibility index (Phi) is 3.53. The van der Waals surface area contributed by atoms with Crippen molar-refractivity contribution in [3.8, 4) is 11.3 Å². The van der Waals surface area contributed by atoms with Gasteiger partial charge in [0.25, 0.3) is 0 Å². The van der Waals surface area contributed by atoms with E-state index in [0.717, 1.165) is 11.3 Å². The van der Waals surface area contributed by atoms with Crippen LogP contribution in [0, 0.1) is 0 Å². The molecule has 2 heterocycles. The van der Waals surface area contributed by atoms with E-state index in [4.69, 9.17) is 4.74 Å². The fourth-order valence-electron chi connectivity index (χ4n) is 2.10. The molecule has 5 nitrogen and oxygen atoms in total. The molecule has 0 aliphatic carbocycles. The number of hydrogen-bond donors (Lipinski definition) is 1. The van der Waals surface area contributed by atoms with Crippen LogP contribution in [0.5, 0.6) is 0 Å². The summed E-state index contributed by atoms with van der Waals surface area (Å²) in [4.78, 5) is 31.2. The molecule has 21 heavy (non-hydrogen) atoms. The molecule has 0 unspecified atom stereocenters. The van der Waals surface area contributed by atoms with Gasteiger partial charge in [0.15, 0.2) is 0 Å². The van der Waals surface area contributed by atoms with Crippen molar-refractivity contribution in [2.45, 2.75) is 6.92 Å². The molecular formula is C15H12N2O3S. The van der Waals surface area contributed by atoms with Crippen LogP contribution in [0.15, 0.2) is 40.1 Å². The quantitative estimate of drug-likeness (QED) is 0.755. The second-order valence-corrected chi connectivity index (χ2v) is 5.10. The normalized spacial score (nSPS) is 10.7. The Labute approximate surface area is 124 Å². The molecule has 1 N–H and O–H groups in total. The van der Waals surface area contributed by atoms with Crippen molar-refractivity contribution in [3.05, 3.63) is 51.1 Å². The van der Waals surface area contributed by atoms with Crippen molar-refractivity contribution < 1.29 is 9.53 Å². The van der Waals surface area contributed by atoms with E-state index in [1.54, 1.807) is 18.5 Å². The number of aromatic nitrogens is 2. The lowest BCUT2D eigenvalue weighted by atomic mass is 10.1. The first kappa shape index (κ1) is 13.5. The first-order valence-corrected chi connectivity index (χ1v) is 7.36. The highest BCUT2D eigenvalue weighted by atomic mass is 32.1. The number of ether oxygens (including phenoxy) is 1. The lowest BCUT2D eigenvalue weighted by Gasteiger charge is -2.04. The van der Waals surface area contributed by atoms with Crippen molar-refractivity contribution in [3.63, 3.8) is 0 Å². The summed E-state index contributed by atoms with van der Waals surface area (Å²) in [6.45, 7) is 1.94. The number of carbonyl (C=O) groups is 1. The summed E-state index contributed by atoms with van der Waals surface area (Å²) in [5.74, 6) is -0.607. The average molecular weight is 300 g/mol. The first-order chi connectivity index (χ1) is 10.2. The lowest BCUT2D eigenvalue weighted by Crippen LogP contribution is -2.18. The molecule has 106 valence electrons. The highest BCUT2D eigenvalue weighted by molar-refractivity contribution is 7.07. The van der Waals surface area contributed by atoms with Crippen molar-refractivity contribution in [1.29, 1.82) is 0 Å². The van der Waals surface area contributed by atoms with Crippen molar-refractivity contribution in [2.24, 2.45) is 0 Å². The Hall–Kier alpha value is -2.47. The van der Waals surface area contributed by atoms with Gasteiger partial charge in [-0.15, -0.1) is 11.3 Å². The third kappa shape index (κ3) is 2.45. The zero-order valence-electron chi connectivity index (χ0n) is 11.3. The van der Waals surface area contributed by atoms with E-state index in [9.17, 15) is 9.59 Å². The molecule has 0 atom stereocenters. The molecule has 3 rings (SSSR count). The van der Waals surface area contributed by atoms with Gasteiger partial charge < -0.3 is 9.72 Å². The number of aromatic amines is 1. The minimum absolute atomic E-state index is 0.0192. The molecular weight excluding hydrogens is 288 g/mol. The molecule has 6 heteroatoms. The van der Waals surface area contributed by atoms with Gasteiger partial charge in [0.05, 0.1) is 17.8 Å². The van der Waals surface area contributed by atoms with Crippen molar-refractivity contribution in [1.82, 2.24) is 9.97 Å². The van der Waals surface area contributed by atoms with E-state index < -0.39 is 5.97 Å². The van der Waals surface area contributed by atoms with Gasteiger partial charge in [0.2, 0.25) is 5.43 Å². The van der Waals surface area contributed by atoms with E-state index in [1.165, 1.54) is 17.5 Å². The topological polar surface area (TPSA) is 72.1 Å². The minimum atomic E-state index is -0.607. The minimum Gasteiger partial charge on any atom is -0.462 e. The van der Waals surface area contributed by atoms with Gasteiger partial charge in [0.1, 0.15) is 5.56 Å². The van der Waals surface area contributed by atoms with Crippen molar-refractivity contribution in [2.75, 3.05) is 6.61 Å². The van der Waals surface area contributed by atoms with Gasteiger partial charge in [0, 0.05) is 28.0 Å². The average Bonchev–Trinajstić information content (AvgIpc) is 3.01. The number of nitrogens with one attached hydrogen (secondary N) is 1. The summed E-state index contributed by atoms with van der Waals surface area (Å²) in [5.41, 5.74) is 3.89. The number of rotatable bonds is 3. The largest absolute Gasteiger partial charge is 0.462 e. The van der Waals surface area contributed by atoms with Gasteiger partial charge in [-0.1, -0.05) is 6.07 Å². The summed E-state index contributed by atoms with van der Waals surface area (Å²) < 4.78 is 4.87. The van der Waals surface area contributed by atoms with Gasteiger partial charge in [-0.3, -0.25) is 4.79 Å². The SMILES string of the molecule is CCOC(=O)c1c[nH]c2cc(-c3cscn3)ccc2c1=O. The van der Waals surface area contributed by atoms with Crippen LogP contribution in [-0.2, 0) is 4.74 Å². The number of pyridine rings is 1. The second-order valence-electron chi connectivity index (χ2n) is 4.39. The Morgan fingerprint density at radius 3 is 3.00 bits per heavy atom. The Morgan fingerprint density at radius 2 is 2.29 bits per heavy atom. The number of hydrogen-bond acceptors (Lipinski definition) is 5. The van der Waals surface area contributed by atoms with Gasteiger partial charge >= 0.3 is 5.97 Å². The predicted octanol–water partition coefficient (Wildman–Crippen LogP) is 2.83. The third-order valence-electron chi connectivity index (χ3n) is 3.10.